The van der Waals surface area contributed by atoms with E-state index in [9.17, 15) is 13.2 Å². The van der Waals surface area contributed by atoms with E-state index in [1.165, 1.54) is 0 Å². The summed E-state index contributed by atoms with van der Waals surface area (Å²) >= 11 is 0. The number of hydrogen-bond donors (Lipinski definition) is 1. The fraction of sp³-hybridized carbons (Fsp3) is 0.789. The van der Waals surface area contributed by atoms with Gasteiger partial charge in [-0.15, -0.1) is 0 Å². The molecule has 4 saturated heterocycles. The lowest BCUT2D eigenvalue weighted by Gasteiger charge is -2.49. The maximum absolute atomic E-state index is 13.1. The first-order valence-corrected chi connectivity index (χ1v) is 11.8. The summed E-state index contributed by atoms with van der Waals surface area (Å²) in [5.41, 5.74) is 0.421. The molecule has 5 fully saturated rings. The summed E-state index contributed by atoms with van der Waals surface area (Å²) in [7, 11) is -3.43. The maximum Gasteiger partial charge on any atom is 0.282 e. The van der Waals surface area contributed by atoms with E-state index in [1.54, 1.807) is 14.7 Å². The van der Waals surface area contributed by atoms with Crippen LogP contribution in [0.3, 0.4) is 0 Å². The van der Waals surface area contributed by atoms with Gasteiger partial charge < -0.3 is 9.84 Å². The predicted molar refractivity (Wildman–Crippen MR) is 102 cm³/mol. The minimum absolute atomic E-state index is 0.00588. The van der Waals surface area contributed by atoms with Crippen molar-refractivity contribution in [3.8, 4) is 0 Å². The van der Waals surface area contributed by atoms with E-state index in [4.69, 9.17) is 4.52 Å². The highest BCUT2D eigenvalue weighted by Gasteiger charge is 2.45. The Morgan fingerprint density at radius 3 is 2.61 bits per heavy atom. The standard InChI is InChI=1S/C19H28N4O4S/c1-12-6-13(7-18(24)17-9-19(27-21-17)14-2-3-14)4-5-23(12)28(25,26)22-10-15-8-16(11-22)20-15/h9,12-16,20H,2-8,10-11H2,1H3/t12-,13-,15?,16?/m0/s1. The zero-order valence-corrected chi connectivity index (χ0v) is 17.0. The van der Waals surface area contributed by atoms with Gasteiger partial charge in [0.2, 0.25) is 0 Å². The number of Topliss-reactive ketones (excluding diaryl/α,β-unsaturated/α-hetero) is 1. The van der Waals surface area contributed by atoms with Gasteiger partial charge in [-0.1, -0.05) is 5.16 Å². The van der Waals surface area contributed by atoms with Gasteiger partial charge in [0, 0.05) is 56.2 Å². The first-order chi connectivity index (χ1) is 13.4. The summed E-state index contributed by atoms with van der Waals surface area (Å²) in [6.07, 6.45) is 5.13. The Labute approximate surface area is 165 Å². The Morgan fingerprint density at radius 1 is 1.25 bits per heavy atom. The van der Waals surface area contributed by atoms with Gasteiger partial charge in [0.15, 0.2) is 5.78 Å². The number of aromatic nitrogens is 1. The normalized spacial score (nSPS) is 34.2. The first kappa shape index (κ1) is 18.7. The number of carbonyl (C=O) groups excluding carboxylic acids is 1. The fourth-order valence-corrected chi connectivity index (χ4v) is 6.84. The van der Waals surface area contributed by atoms with Crippen molar-refractivity contribution >= 4 is 16.0 Å². The van der Waals surface area contributed by atoms with Gasteiger partial charge >= 0.3 is 0 Å². The lowest BCUT2D eigenvalue weighted by Crippen LogP contribution is -2.69. The highest BCUT2D eigenvalue weighted by atomic mass is 32.2. The molecular formula is C19H28N4O4S. The molecule has 2 bridgehead atoms. The van der Waals surface area contributed by atoms with Crippen LogP contribution in [-0.4, -0.2) is 65.7 Å². The van der Waals surface area contributed by atoms with Crippen molar-refractivity contribution in [3.05, 3.63) is 17.5 Å². The van der Waals surface area contributed by atoms with Crippen molar-refractivity contribution in [2.75, 3.05) is 19.6 Å². The van der Waals surface area contributed by atoms with Crippen molar-refractivity contribution in [2.45, 2.75) is 69.5 Å². The zero-order chi connectivity index (χ0) is 19.5. The second-order valence-electron chi connectivity index (χ2n) is 8.99. The Bertz CT molecular complexity index is 849. The Morgan fingerprint density at radius 2 is 1.96 bits per heavy atom. The molecule has 0 radical (unpaired) electrons. The molecular weight excluding hydrogens is 380 g/mol. The van der Waals surface area contributed by atoms with Crippen LogP contribution in [-0.2, 0) is 10.2 Å². The Hall–Kier alpha value is -1.29. The quantitative estimate of drug-likeness (QED) is 0.717. The number of hydrogen-bond acceptors (Lipinski definition) is 6. The molecule has 9 heteroatoms. The lowest BCUT2D eigenvalue weighted by molar-refractivity contribution is 0.0913. The second kappa shape index (κ2) is 6.90. The average molecular weight is 409 g/mol. The first-order valence-electron chi connectivity index (χ1n) is 10.4. The van der Waals surface area contributed by atoms with Gasteiger partial charge in [0.05, 0.1) is 0 Å². The van der Waals surface area contributed by atoms with Crippen LogP contribution >= 0.6 is 0 Å². The molecule has 1 aromatic rings. The second-order valence-corrected chi connectivity index (χ2v) is 10.9. The molecule has 1 saturated carbocycles. The van der Waals surface area contributed by atoms with Gasteiger partial charge in [-0.2, -0.15) is 17.0 Å². The number of piperidine rings is 2. The number of carbonyl (C=O) groups is 1. The van der Waals surface area contributed by atoms with E-state index < -0.39 is 10.2 Å². The van der Waals surface area contributed by atoms with Crippen molar-refractivity contribution in [1.82, 2.24) is 19.1 Å². The van der Waals surface area contributed by atoms with E-state index in [0.29, 0.717) is 62.6 Å². The lowest BCUT2D eigenvalue weighted by atomic mass is 9.88. The largest absolute Gasteiger partial charge is 0.360 e. The summed E-state index contributed by atoms with van der Waals surface area (Å²) in [5, 5.41) is 7.32. The molecule has 1 aromatic heterocycles. The minimum atomic E-state index is -3.43. The molecule has 0 amide bonds. The summed E-state index contributed by atoms with van der Waals surface area (Å²) in [5.74, 6) is 1.46. The number of ketones is 1. The topological polar surface area (TPSA) is 95.8 Å². The monoisotopic (exact) mass is 408 g/mol. The van der Waals surface area contributed by atoms with Crippen LogP contribution in [0.1, 0.15) is 67.6 Å². The third-order valence-corrected chi connectivity index (χ3v) is 8.79. The fourth-order valence-electron chi connectivity index (χ4n) is 4.93. The molecule has 4 atom stereocenters. The molecule has 5 aliphatic rings. The summed E-state index contributed by atoms with van der Waals surface area (Å²) < 4.78 is 34.7. The molecule has 1 aliphatic carbocycles. The predicted octanol–water partition coefficient (Wildman–Crippen LogP) is 1.52. The van der Waals surface area contributed by atoms with E-state index in [0.717, 1.165) is 25.0 Å². The molecule has 0 spiro atoms. The van der Waals surface area contributed by atoms with Crippen LogP contribution in [0.4, 0.5) is 0 Å². The minimum Gasteiger partial charge on any atom is -0.360 e. The van der Waals surface area contributed by atoms with Crippen LogP contribution in [0, 0.1) is 5.92 Å². The number of fused-ring (bicyclic) bond motifs is 2. The van der Waals surface area contributed by atoms with Crippen LogP contribution in [0.15, 0.2) is 10.6 Å². The number of rotatable bonds is 6. The summed E-state index contributed by atoms with van der Waals surface area (Å²) in [4.78, 5) is 12.6. The number of piperazine rings is 1. The van der Waals surface area contributed by atoms with Gasteiger partial charge in [-0.05, 0) is 44.9 Å². The highest BCUT2D eigenvalue weighted by molar-refractivity contribution is 7.86. The molecule has 2 unspecified atom stereocenters. The molecule has 5 heterocycles. The van der Waals surface area contributed by atoms with Crippen LogP contribution in [0.5, 0.6) is 0 Å². The van der Waals surface area contributed by atoms with Gasteiger partial charge in [0.25, 0.3) is 10.2 Å². The van der Waals surface area contributed by atoms with Gasteiger partial charge in [-0.3, -0.25) is 4.79 Å². The molecule has 8 nitrogen and oxygen atoms in total. The van der Waals surface area contributed by atoms with Crippen LogP contribution < -0.4 is 5.32 Å². The third-order valence-electron chi connectivity index (χ3n) is 6.70. The Balaban J connectivity index is 1.18. The molecule has 0 aromatic carbocycles. The van der Waals surface area contributed by atoms with Crippen molar-refractivity contribution in [1.29, 1.82) is 0 Å². The van der Waals surface area contributed by atoms with Crippen molar-refractivity contribution in [3.63, 3.8) is 0 Å². The SMILES string of the molecule is C[C@H]1C[C@@H](CC(=O)c2cc(C3CC3)on2)CCN1S(=O)(=O)N1CC2CC(C1)N2. The van der Waals surface area contributed by atoms with Crippen molar-refractivity contribution in [2.24, 2.45) is 5.92 Å². The van der Waals surface area contributed by atoms with Crippen LogP contribution in [0.25, 0.3) is 0 Å². The average Bonchev–Trinajstić information content (AvgIpc) is 3.37. The van der Waals surface area contributed by atoms with Crippen molar-refractivity contribution < 1.29 is 17.7 Å². The maximum atomic E-state index is 13.1. The molecule has 154 valence electrons. The molecule has 6 rings (SSSR count). The van der Waals surface area contributed by atoms with Gasteiger partial charge in [-0.25, -0.2) is 0 Å². The van der Waals surface area contributed by atoms with Gasteiger partial charge in [0.1, 0.15) is 11.5 Å². The molecule has 1 N–H and O–H groups in total. The zero-order valence-electron chi connectivity index (χ0n) is 16.2. The third kappa shape index (κ3) is 3.42. The molecule has 28 heavy (non-hydrogen) atoms. The van der Waals surface area contributed by atoms with E-state index in [-0.39, 0.29) is 17.7 Å². The Kier molecular flexibility index (Phi) is 4.61. The smallest absolute Gasteiger partial charge is 0.282 e. The summed E-state index contributed by atoms with van der Waals surface area (Å²) in [6.45, 7) is 3.57. The van der Waals surface area contributed by atoms with E-state index in [1.807, 2.05) is 6.92 Å². The number of nitrogens with one attached hydrogen (secondary N) is 1. The highest BCUT2D eigenvalue weighted by Crippen LogP contribution is 2.40. The van der Waals surface area contributed by atoms with E-state index in [2.05, 4.69) is 10.5 Å². The number of nitrogens with zero attached hydrogens (tertiary/aromatic N) is 3. The van der Waals surface area contributed by atoms with Crippen LogP contribution in [0.2, 0.25) is 0 Å². The summed E-state index contributed by atoms with van der Waals surface area (Å²) in [6, 6.07) is 2.31. The molecule has 4 aliphatic heterocycles. The van der Waals surface area contributed by atoms with E-state index >= 15 is 0 Å².